The summed E-state index contributed by atoms with van der Waals surface area (Å²) in [6, 6.07) is 8.08. The molecule has 21 heteroatoms. The van der Waals surface area contributed by atoms with Gasteiger partial charge in [0.2, 0.25) is 47.3 Å². The monoisotopic (exact) mass is 981 g/mol. The Morgan fingerprint density at radius 2 is 1.23 bits per heavy atom. The van der Waals surface area contributed by atoms with Crippen LogP contribution in [0.15, 0.2) is 60.7 Å². The summed E-state index contributed by atoms with van der Waals surface area (Å²) in [6.07, 6.45) is 1.35. The highest BCUT2D eigenvalue weighted by Gasteiger charge is 2.40. The fourth-order valence-electron chi connectivity index (χ4n) is 7.66. The lowest BCUT2D eigenvalue weighted by Crippen LogP contribution is -2.60. The van der Waals surface area contributed by atoms with Crippen molar-refractivity contribution >= 4 is 65.9 Å². The van der Waals surface area contributed by atoms with Gasteiger partial charge >= 0.3 is 5.97 Å². The number of aliphatic hydroxyl groups excluding tert-OH is 1. The van der Waals surface area contributed by atoms with Gasteiger partial charge in [0, 0.05) is 25.1 Å². The van der Waals surface area contributed by atoms with Crippen LogP contribution < -0.4 is 43.0 Å². The first kappa shape index (κ1) is 57.3. The van der Waals surface area contributed by atoms with Crippen LogP contribution in [-0.4, -0.2) is 142 Å². The highest BCUT2D eigenvalue weighted by Crippen LogP contribution is 2.21. The second-order valence-corrected chi connectivity index (χ2v) is 18.5. The molecule has 11 N–H and O–H groups in total. The summed E-state index contributed by atoms with van der Waals surface area (Å²) >= 11 is 4.06. The zero-order valence-electron chi connectivity index (χ0n) is 40.2. The third-order valence-electron chi connectivity index (χ3n) is 11.8. The molecule has 1 heterocycles. The molecule has 0 saturated carbocycles. The van der Waals surface area contributed by atoms with Gasteiger partial charge < -0.3 is 58.1 Å². The molecule has 3 rings (SSSR count). The van der Waals surface area contributed by atoms with E-state index >= 15 is 0 Å². The van der Waals surface area contributed by atoms with Crippen molar-refractivity contribution in [2.75, 3.05) is 25.4 Å². The maximum atomic E-state index is 14.2. The number of benzene rings is 2. The molecule has 1 saturated heterocycles. The maximum Gasteiger partial charge on any atom is 0.326 e. The SMILES string of the molecule is CC[C@H](C)[C@H](NC(=O)CNC(=O)[C@H](CO)NC(=O)[C@@H]1CCCN1C(=O)[C@H](CC(C)C)NC(=O)[C@@H](N)CS)C(=O)N[C@@H](Cc1ccccc1)C(=O)N[C@@H](Cc1ccccc1)C(=O)N[C@H](C(=O)O)C(C)C. The number of carboxylic acid groups (broad SMARTS) is 1. The number of hydrogen-bond donors (Lipinski definition) is 11. The quantitative estimate of drug-likeness (QED) is 0.0509. The molecular weight excluding hydrogens is 911 g/mol. The minimum absolute atomic E-state index is 0.00143. The van der Waals surface area contributed by atoms with Gasteiger partial charge in [0.05, 0.1) is 19.2 Å². The number of nitrogens with two attached hydrogens (primary N) is 1. The lowest BCUT2D eigenvalue weighted by Gasteiger charge is -2.30. The number of carboxylic acids is 1. The molecule has 2 aromatic carbocycles. The smallest absolute Gasteiger partial charge is 0.326 e. The van der Waals surface area contributed by atoms with Crippen molar-refractivity contribution in [2.24, 2.45) is 23.5 Å². The number of hydrogen-bond acceptors (Lipinski definition) is 12. The molecule has 0 aliphatic carbocycles. The lowest BCUT2D eigenvalue weighted by atomic mass is 9.97. The van der Waals surface area contributed by atoms with Crippen molar-refractivity contribution in [3.05, 3.63) is 71.8 Å². The molecule has 8 amide bonds. The largest absolute Gasteiger partial charge is 0.480 e. The number of rotatable bonds is 27. The Labute approximate surface area is 409 Å². The normalized spacial score (nSPS) is 16.9. The average Bonchev–Trinajstić information content (AvgIpc) is 3.82. The molecule has 0 spiro atoms. The van der Waals surface area contributed by atoms with E-state index in [1.165, 1.54) is 4.90 Å². The first-order valence-electron chi connectivity index (χ1n) is 23.4. The lowest BCUT2D eigenvalue weighted by molar-refractivity contribution is -0.143. The van der Waals surface area contributed by atoms with Gasteiger partial charge in [0.1, 0.15) is 42.3 Å². The fourth-order valence-corrected chi connectivity index (χ4v) is 7.82. The maximum absolute atomic E-state index is 14.2. The third-order valence-corrected chi connectivity index (χ3v) is 12.2. The van der Waals surface area contributed by atoms with E-state index in [1.54, 1.807) is 88.4 Å². The Bertz CT molecular complexity index is 2060. The molecule has 0 radical (unpaired) electrons. The molecule has 2 aromatic rings. The van der Waals surface area contributed by atoms with E-state index in [-0.39, 0.29) is 43.9 Å². The van der Waals surface area contributed by atoms with Gasteiger partial charge in [0.15, 0.2) is 0 Å². The van der Waals surface area contributed by atoms with E-state index in [1.807, 2.05) is 13.8 Å². The second kappa shape index (κ2) is 28.4. The van der Waals surface area contributed by atoms with Crippen LogP contribution >= 0.6 is 12.6 Å². The van der Waals surface area contributed by atoms with Crippen LogP contribution in [0, 0.1) is 17.8 Å². The summed E-state index contributed by atoms with van der Waals surface area (Å²) in [7, 11) is 0. The van der Waals surface area contributed by atoms with E-state index in [0.717, 1.165) is 0 Å². The minimum atomic E-state index is -1.53. The number of aliphatic hydroxyl groups is 1. The van der Waals surface area contributed by atoms with E-state index in [2.05, 4.69) is 49.8 Å². The van der Waals surface area contributed by atoms with Crippen molar-refractivity contribution in [2.45, 2.75) is 128 Å². The zero-order valence-corrected chi connectivity index (χ0v) is 41.1. The first-order chi connectivity index (χ1) is 32.7. The predicted molar refractivity (Wildman–Crippen MR) is 260 cm³/mol. The minimum Gasteiger partial charge on any atom is -0.480 e. The molecule has 380 valence electrons. The number of nitrogens with one attached hydrogen (secondary N) is 7. The molecule has 0 aromatic heterocycles. The molecule has 9 atom stereocenters. The standard InChI is InChI=1S/C48H71N9O11S/c1-7-29(6)40(55-38(59)24-50-42(61)36(25-58)54-45(64)37-19-14-20-57(37)47(66)35(21-27(2)3)53-41(60)32(49)26-69)46(65)52-33(22-30-15-10-8-11-16-30)43(62)51-34(23-31-17-12-9-13-18-31)44(63)56-39(28(4)5)48(67)68/h8-13,15-18,27-29,32-37,39-40,58,69H,7,14,19-26,49H2,1-6H3,(H,50,61)(H,51,62)(H,52,65)(H,53,60)(H,54,64)(H,55,59)(H,56,63)(H,67,68)/t29-,32-,33-,34-,35-,36-,37-,39-,40-/m0/s1. The van der Waals surface area contributed by atoms with Gasteiger partial charge in [-0.15, -0.1) is 0 Å². The number of carbonyl (C=O) groups excluding carboxylic acids is 8. The number of aliphatic carboxylic acids is 1. The number of nitrogens with zero attached hydrogens (tertiary/aromatic N) is 1. The number of amides is 8. The highest BCUT2D eigenvalue weighted by molar-refractivity contribution is 7.80. The van der Waals surface area contributed by atoms with Crippen LogP contribution in [0.3, 0.4) is 0 Å². The third kappa shape index (κ3) is 18.1. The van der Waals surface area contributed by atoms with Gasteiger partial charge in [-0.2, -0.15) is 12.6 Å². The summed E-state index contributed by atoms with van der Waals surface area (Å²) in [4.78, 5) is 122. The molecule has 0 bridgehead atoms. The Morgan fingerprint density at radius 3 is 1.72 bits per heavy atom. The predicted octanol–water partition coefficient (Wildman–Crippen LogP) is -0.430. The van der Waals surface area contributed by atoms with Gasteiger partial charge in [-0.25, -0.2) is 4.79 Å². The van der Waals surface area contributed by atoms with Crippen LogP contribution in [0.1, 0.15) is 78.4 Å². The topological polar surface area (TPSA) is 308 Å². The van der Waals surface area contributed by atoms with Gasteiger partial charge in [0.25, 0.3) is 0 Å². The van der Waals surface area contributed by atoms with E-state index in [0.29, 0.717) is 24.0 Å². The Morgan fingerprint density at radius 1 is 0.696 bits per heavy atom. The molecule has 0 unspecified atom stereocenters. The highest BCUT2D eigenvalue weighted by atomic mass is 32.1. The van der Waals surface area contributed by atoms with E-state index in [4.69, 9.17) is 5.73 Å². The first-order valence-corrected chi connectivity index (χ1v) is 24.0. The van der Waals surface area contributed by atoms with Crippen molar-refractivity contribution in [3.8, 4) is 0 Å². The van der Waals surface area contributed by atoms with Crippen LogP contribution in [0.25, 0.3) is 0 Å². The molecular formula is C48H71N9O11S. The Balaban J connectivity index is 1.74. The second-order valence-electron chi connectivity index (χ2n) is 18.1. The summed E-state index contributed by atoms with van der Waals surface area (Å²) in [5.41, 5.74) is 7.15. The summed E-state index contributed by atoms with van der Waals surface area (Å²) in [5, 5.41) is 38.0. The number of likely N-dealkylation sites (tertiary alicyclic amines) is 1. The average molecular weight is 982 g/mol. The molecule has 1 aliphatic rings. The summed E-state index contributed by atoms with van der Waals surface area (Å²) in [5.74, 6) is -7.94. The van der Waals surface area contributed by atoms with E-state index in [9.17, 15) is 53.4 Å². The van der Waals surface area contributed by atoms with Crippen molar-refractivity contribution in [1.29, 1.82) is 0 Å². The molecule has 69 heavy (non-hydrogen) atoms. The van der Waals surface area contributed by atoms with Crippen LogP contribution in [0.2, 0.25) is 0 Å². The van der Waals surface area contributed by atoms with Crippen LogP contribution in [-0.2, 0) is 56.0 Å². The Kier molecular flexibility index (Phi) is 23.6. The molecule has 1 fully saturated rings. The number of thiol groups is 1. The van der Waals surface area contributed by atoms with E-state index < -0.39 is 127 Å². The van der Waals surface area contributed by atoms with Crippen LogP contribution in [0.4, 0.5) is 0 Å². The number of carbonyl (C=O) groups is 9. The van der Waals surface area contributed by atoms with Crippen LogP contribution in [0.5, 0.6) is 0 Å². The van der Waals surface area contributed by atoms with Gasteiger partial charge in [-0.05, 0) is 48.1 Å². The summed E-state index contributed by atoms with van der Waals surface area (Å²) < 4.78 is 0. The zero-order chi connectivity index (χ0) is 51.4. The molecule has 1 aliphatic heterocycles. The molecule has 20 nitrogen and oxygen atoms in total. The Hall–Kier alpha value is -6.06. The van der Waals surface area contributed by atoms with Crippen molar-refractivity contribution < 1.29 is 53.4 Å². The van der Waals surface area contributed by atoms with Gasteiger partial charge in [-0.3, -0.25) is 38.4 Å². The van der Waals surface area contributed by atoms with Gasteiger partial charge in [-0.1, -0.05) is 109 Å². The fraction of sp³-hybridized carbons (Fsp3) is 0.562. The van der Waals surface area contributed by atoms with Crippen molar-refractivity contribution in [1.82, 2.24) is 42.1 Å². The van der Waals surface area contributed by atoms with Crippen molar-refractivity contribution in [3.63, 3.8) is 0 Å². The summed E-state index contributed by atoms with van der Waals surface area (Å²) in [6.45, 7) is 9.17.